The van der Waals surface area contributed by atoms with Gasteiger partial charge in [-0.2, -0.15) is 0 Å². The molecule has 6 N–H and O–H groups in total. The molecule has 3 aromatic rings. The lowest BCUT2D eigenvalue weighted by Gasteiger charge is -2.16. The smallest absolute Gasteiger partial charge is 0.0691 e. The van der Waals surface area contributed by atoms with Crippen molar-refractivity contribution in [1.82, 2.24) is 10.3 Å². The molecule has 0 aliphatic heterocycles. The van der Waals surface area contributed by atoms with Crippen LogP contribution < -0.4 is 22.1 Å². The van der Waals surface area contributed by atoms with Crippen molar-refractivity contribution >= 4 is 34.5 Å². The minimum absolute atomic E-state index is 0.673. The highest BCUT2D eigenvalue weighted by Gasteiger charge is 2.11. The van der Waals surface area contributed by atoms with Gasteiger partial charge in [0, 0.05) is 29.4 Å². The van der Waals surface area contributed by atoms with E-state index in [0.29, 0.717) is 5.69 Å². The number of nitrogens with one attached hydrogen (secondary N) is 2. The zero-order valence-electron chi connectivity index (χ0n) is 18.5. The molecule has 1 aromatic heterocycles. The van der Waals surface area contributed by atoms with E-state index in [1.165, 1.54) is 11.1 Å². The van der Waals surface area contributed by atoms with E-state index in [1.807, 2.05) is 62.8 Å². The molecule has 0 unspecified atom stereocenters. The van der Waals surface area contributed by atoms with Crippen molar-refractivity contribution in [2.24, 2.45) is 0 Å². The molecule has 0 atom stereocenters. The van der Waals surface area contributed by atoms with Gasteiger partial charge in [0.2, 0.25) is 0 Å². The molecule has 30 heavy (non-hydrogen) atoms. The van der Waals surface area contributed by atoms with Crippen LogP contribution in [0, 0.1) is 6.92 Å². The molecule has 2 aromatic carbocycles. The van der Waals surface area contributed by atoms with Gasteiger partial charge in [-0.15, -0.1) is 11.8 Å². The van der Waals surface area contributed by atoms with E-state index >= 15 is 0 Å². The van der Waals surface area contributed by atoms with E-state index in [2.05, 4.69) is 35.5 Å². The predicted octanol–water partition coefficient (Wildman–Crippen LogP) is 5.82. The van der Waals surface area contributed by atoms with Gasteiger partial charge in [0.25, 0.3) is 0 Å². The fourth-order valence-corrected chi connectivity index (χ4v) is 3.65. The van der Waals surface area contributed by atoms with Crippen LogP contribution in [0.25, 0.3) is 11.1 Å². The fourth-order valence-electron chi connectivity index (χ4n) is 3.11. The summed E-state index contributed by atoms with van der Waals surface area (Å²) in [4.78, 5) is 5.47. The molecule has 5 nitrogen and oxygen atoms in total. The predicted molar refractivity (Wildman–Crippen MR) is 133 cm³/mol. The topological polar surface area (TPSA) is 89.0 Å². The third-order valence-corrected chi connectivity index (χ3v) is 5.60. The number of rotatable bonds is 7. The Bertz CT molecular complexity index is 972. The number of nitrogens with two attached hydrogens (primary N) is 2. The number of thioether (sulfide) groups is 1. The number of hydrogen-bond acceptors (Lipinski definition) is 6. The fraction of sp³-hybridized carbons (Fsp3) is 0.292. The van der Waals surface area contributed by atoms with Gasteiger partial charge in [0.05, 0.1) is 22.7 Å². The van der Waals surface area contributed by atoms with E-state index in [1.54, 1.807) is 11.8 Å². The summed E-state index contributed by atoms with van der Waals surface area (Å²) in [7, 11) is 0. The number of nitrogen functional groups attached to an aromatic ring is 2. The van der Waals surface area contributed by atoms with Gasteiger partial charge in [-0.25, -0.2) is 0 Å². The van der Waals surface area contributed by atoms with Crippen LogP contribution in [0.2, 0.25) is 0 Å². The number of para-hydroxylation sites is 1. The zero-order chi connectivity index (χ0) is 22.1. The number of benzene rings is 2. The molecule has 0 bridgehead atoms. The van der Waals surface area contributed by atoms with Gasteiger partial charge in [-0.1, -0.05) is 32.9 Å². The molecule has 0 spiro atoms. The normalized spacial score (nSPS) is 10.3. The van der Waals surface area contributed by atoms with Crippen LogP contribution in [0.5, 0.6) is 0 Å². The highest BCUT2D eigenvalue weighted by Crippen LogP contribution is 2.35. The molecular weight excluding hydrogens is 390 g/mol. The van der Waals surface area contributed by atoms with Crippen LogP contribution in [0.1, 0.15) is 31.9 Å². The van der Waals surface area contributed by atoms with Crippen LogP contribution in [0.15, 0.2) is 53.7 Å². The van der Waals surface area contributed by atoms with Crippen LogP contribution >= 0.6 is 11.8 Å². The largest absolute Gasteiger partial charge is 0.397 e. The molecule has 0 saturated carbocycles. The highest BCUT2D eigenvalue weighted by atomic mass is 32.2. The first-order valence-corrected chi connectivity index (χ1v) is 11.5. The third kappa shape index (κ3) is 5.46. The summed E-state index contributed by atoms with van der Waals surface area (Å²) in [6.45, 7) is 9.97. The third-order valence-electron chi connectivity index (χ3n) is 4.80. The minimum atomic E-state index is 0.673. The Labute approximate surface area is 184 Å². The quantitative estimate of drug-likeness (QED) is 0.283. The van der Waals surface area contributed by atoms with Crippen molar-refractivity contribution < 1.29 is 0 Å². The zero-order valence-corrected chi connectivity index (χ0v) is 19.4. The summed E-state index contributed by atoms with van der Waals surface area (Å²) in [5.41, 5.74) is 20.2. The Morgan fingerprint density at radius 3 is 2.50 bits per heavy atom. The second-order valence-electron chi connectivity index (χ2n) is 6.60. The molecule has 0 amide bonds. The summed E-state index contributed by atoms with van der Waals surface area (Å²) in [5.74, 6) is 0. The maximum absolute atomic E-state index is 6.29. The average Bonchev–Trinajstić information content (AvgIpc) is 2.77. The van der Waals surface area contributed by atoms with E-state index < -0.39 is 0 Å². The Morgan fingerprint density at radius 2 is 1.80 bits per heavy atom. The van der Waals surface area contributed by atoms with Gasteiger partial charge in [0.15, 0.2) is 0 Å². The maximum atomic E-state index is 6.29. The average molecular weight is 424 g/mol. The number of anilines is 4. The SMILES string of the molecule is CC.CCNCc1cncc(-c2ccc(N)c(Nc3cccc(SC)c3N)c2)c1C. The number of pyridine rings is 1. The van der Waals surface area contributed by atoms with Crippen LogP contribution in [0.4, 0.5) is 22.7 Å². The molecule has 0 saturated heterocycles. The molecule has 6 heteroatoms. The van der Waals surface area contributed by atoms with E-state index in [9.17, 15) is 0 Å². The molecule has 0 aliphatic rings. The Hall–Kier alpha value is -2.70. The molecule has 3 rings (SSSR count). The van der Waals surface area contributed by atoms with E-state index in [4.69, 9.17) is 11.5 Å². The van der Waals surface area contributed by atoms with Crippen LogP contribution in [0.3, 0.4) is 0 Å². The van der Waals surface area contributed by atoms with Crippen LogP contribution in [-0.2, 0) is 6.54 Å². The standard InChI is InChI=1S/C22H27N5S.C2H6/c1-4-25-11-16-12-26-13-17(14(16)2)15-8-9-18(23)20(10-15)27-19-6-5-7-21(28-3)22(19)24;1-2/h5-10,12-13,25,27H,4,11,23-24H2,1-3H3;1-2H3. The summed E-state index contributed by atoms with van der Waals surface area (Å²) in [6, 6.07) is 12.0. The van der Waals surface area contributed by atoms with Crippen LogP contribution in [-0.4, -0.2) is 17.8 Å². The molecule has 0 aliphatic carbocycles. The van der Waals surface area contributed by atoms with Gasteiger partial charge in [-0.3, -0.25) is 4.98 Å². The number of nitrogens with zero attached hydrogens (tertiary/aromatic N) is 1. The second kappa shape index (κ2) is 11.5. The number of aromatic nitrogens is 1. The maximum Gasteiger partial charge on any atom is 0.0691 e. The summed E-state index contributed by atoms with van der Waals surface area (Å²) >= 11 is 1.62. The second-order valence-corrected chi connectivity index (χ2v) is 7.45. The first kappa shape index (κ1) is 23.6. The Kier molecular flexibility index (Phi) is 9.02. The van der Waals surface area contributed by atoms with Gasteiger partial charge in [-0.05, 0) is 60.7 Å². The van der Waals surface area contributed by atoms with Crippen molar-refractivity contribution in [2.45, 2.75) is 39.1 Å². The van der Waals surface area contributed by atoms with Crippen molar-refractivity contribution in [3.63, 3.8) is 0 Å². The lowest BCUT2D eigenvalue weighted by atomic mass is 9.98. The monoisotopic (exact) mass is 423 g/mol. The van der Waals surface area contributed by atoms with Crippen molar-refractivity contribution in [3.8, 4) is 11.1 Å². The van der Waals surface area contributed by atoms with Gasteiger partial charge < -0.3 is 22.1 Å². The molecule has 160 valence electrons. The molecule has 1 heterocycles. The molecular formula is C24H33N5S. The highest BCUT2D eigenvalue weighted by molar-refractivity contribution is 7.98. The molecule has 0 radical (unpaired) electrons. The Balaban J connectivity index is 0.00000155. The van der Waals surface area contributed by atoms with E-state index in [-0.39, 0.29) is 0 Å². The number of hydrogen-bond donors (Lipinski definition) is 4. The lowest BCUT2D eigenvalue weighted by Crippen LogP contribution is -2.13. The first-order chi connectivity index (χ1) is 14.5. The van der Waals surface area contributed by atoms with Gasteiger partial charge in [0.1, 0.15) is 0 Å². The molecule has 0 fully saturated rings. The van der Waals surface area contributed by atoms with Crippen molar-refractivity contribution in [1.29, 1.82) is 0 Å². The first-order valence-electron chi connectivity index (χ1n) is 10.3. The lowest BCUT2D eigenvalue weighted by molar-refractivity contribution is 0.721. The van der Waals surface area contributed by atoms with Crippen molar-refractivity contribution in [2.75, 3.05) is 29.6 Å². The van der Waals surface area contributed by atoms with E-state index in [0.717, 1.165) is 46.2 Å². The Morgan fingerprint density at radius 1 is 1.03 bits per heavy atom. The van der Waals surface area contributed by atoms with Gasteiger partial charge >= 0.3 is 0 Å². The summed E-state index contributed by atoms with van der Waals surface area (Å²) in [5, 5.41) is 6.76. The minimum Gasteiger partial charge on any atom is -0.397 e. The summed E-state index contributed by atoms with van der Waals surface area (Å²) in [6.07, 6.45) is 5.84. The van der Waals surface area contributed by atoms with Crippen molar-refractivity contribution in [3.05, 3.63) is 59.9 Å². The summed E-state index contributed by atoms with van der Waals surface area (Å²) < 4.78 is 0.